The van der Waals surface area contributed by atoms with Gasteiger partial charge in [-0.3, -0.25) is 0 Å². The third kappa shape index (κ3) is 1.40. The van der Waals surface area contributed by atoms with Crippen molar-refractivity contribution in [2.75, 3.05) is 6.61 Å². The summed E-state index contributed by atoms with van der Waals surface area (Å²) in [4.78, 5) is 0. The van der Waals surface area contributed by atoms with Crippen LogP contribution >= 0.6 is 0 Å². The molecule has 1 saturated heterocycles. The molecule has 1 heterocycles. The van der Waals surface area contributed by atoms with Gasteiger partial charge in [-0.1, -0.05) is 0 Å². The second kappa shape index (κ2) is 2.62. The van der Waals surface area contributed by atoms with E-state index >= 15 is 0 Å². The van der Waals surface area contributed by atoms with Crippen LogP contribution in [0.4, 0.5) is 4.39 Å². The number of aliphatic hydroxyl groups excluding tert-OH is 1. The molecule has 2 nitrogen and oxygen atoms in total. The van der Waals surface area contributed by atoms with Crippen molar-refractivity contribution in [2.24, 2.45) is 0 Å². The van der Waals surface area contributed by atoms with Crippen LogP contribution < -0.4 is 0 Å². The highest BCUT2D eigenvalue weighted by Gasteiger charge is 2.31. The molecule has 3 heteroatoms. The number of rotatable bonds is 1. The topological polar surface area (TPSA) is 29.5 Å². The average Bonchev–Trinajstić information content (AvgIpc) is 2.13. The Labute approximate surface area is 53.6 Å². The Morgan fingerprint density at radius 1 is 1.78 bits per heavy atom. The first-order valence-corrected chi connectivity index (χ1v) is 3.14. The second-order valence-electron chi connectivity index (χ2n) is 2.40. The highest BCUT2D eigenvalue weighted by Crippen LogP contribution is 2.21. The van der Waals surface area contributed by atoms with Crippen LogP contribution in [0.3, 0.4) is 0 Å². The molecule has 1 aliphatic heterocycles. The SMILES string of the molecule is CC1O[C@H](CO)C[C@@H]1F. The quantitative estimate of drug-likeness (QED) is 0.565. The summed E-state index contributed by atoms with van der Waals surface area (Å²) in [5.41, 5.74) is 0. The molecule has 0 bridgehead atoms. The lowest BCUT2D eigenvalue weighted by molar-refractivity contribution is 0.0110. The summed E-state index contributed by atoms with van der Waals surface area (Å²) >= 11 is 0. The first-order chi connectivity index (χ1) is 4.24. The van der Waals surface area contributed by atoms with Gasteiger partial charge in [0.05, 0.1) is 18.8 Å². The lowest BCUT2D eigenvalue weighted by Gasteiger charge is -2.05. The van der Waals surface area contributed by atoms with E-state index in [9.17, 15) is 4.39 Å². The molecule has 0 saturated carbocycles. The molecule has 0 radical (unpaired) electrons. The van der Waals surface area contributed by atoms with Gasteiger partial charge in [-0.2, -0.15) is 0 Å². The van der Waals surface area contributed by atoms with Crippen molar-refractivity contribution < 1.29 is 14.2 Å². The number of alkyl halides is 1. The number of ether oxygens (including phenoxy) is 1. The highest BCUT2D eigenvalue weighted by molar-refractivity contribution is 4.78. The zero-order valence-electron chi connectivity index (χ0n) is 5.38. The molecular weight excluding hydrogens is 123 g/mol. The first kappa shape index (κ1) is 6.96. The largest absolute Gasteiger partial charge is 0.394 e. The molecule has 0 aromatic carbocycles. The molecule has 1 unspecified atom stereocenters. The molecule has 1 fully saturated rings. The van der Waals surface area contributed by atoms with Crippen LogP contribution in [0.25, 0.3) is 0 Å². The summed E-state index contributed by atoms with van der Waals surface area (Å²) in [5.74, 6) is 0. The zero-order chi connectivity index (χ0) is 6.85. The molecule has 1 aliphatic rings. The maximum Gasteiger partial charge on any atom is 0.128 e. The molecule has 1 N–H and O–H groups in total. The van der Waals surface area contributed by atoms with E-state index in [-0.39, 0.29) is 18.8 Å². The maximum absolute atomic E-state index is 12.5. The number of aliphatic hydroxyl groups is 1. The van der Waals surface area contributed by atoms with Gasteiger partial charge in [-0.25, -0.2) is 4.39 Å². The highest BCUT2D eigenvalue weighted by atomic mass is 19.1. The van der Waals surface area contributed by atoms with Gasteiger partial charge in [0.2, 0.25) is 0 Å². The molecule has 0 spiro atoms. The minimum absolute atomic E-state index is 0.0647. The van der Waals surface area contributed by atoms with Crippen molar-refractivity contribution in [1.29, 1.82) is 0 Å². The predicted octanol–water partition coefficient (Wildman–Crippen LogP) is 0.494. The van der Waals surface area contributed by atoms with E-state index in [1.807, 2.05) is 0 Å². The van der Waals surface area contributed by atoms with Gasteiger partial charge in [-0.15, -0.1) is 0 Å². The normalized spacial score (nSPS) is 43.7. The Morgan fingerprint density at radius 3 is 2.67 bits per heavy atom. The monoisotopic (exact) mass is 134 g/mol. The van der Waals surface area contributed by atoms with Crippen LogP contribution in [-0.4, -0.2) is 30.1 Å². The van der Waals surface area contributed by atoms with Gasteiger partial charge in [0.25, 0.3) is 0 Å². The van der Waals surface area contributed by atoms with Crippen LogP contribution in [0.1, 0.15) is 13.3 Å². The smallest absolute Gasteiger partial charge is 0.128 e. The standard InChI is InChI=1S/C6H11FO2/c1-4-6(7)2-5(3-8)9-4/h4-6,8H,2-3H2,1H3/t4?,5-,6-/m0/s1. The third-order valence-corrected chi connectivity index (χ3v) is 1.61. The van der Waals surface area contributed by atoms with E-state index < -0.39 is 6.17 Å². The third-order valence-electron chi connectivity index (χ3n) is 1.61. The van der Waals surface area contributed by atoms with E-state index in [1.54, 1.807) is 6.92 Å². The summed E-state index contributed by atoms with van der Waals surface area (Å²) in [6, 6.07) is 0. The van der Waals surface area contributed by atoms with E-state index in [4.69, 9.17) is 9.84 Å². The minimum Gasteiger partial charge on any atom is -0.394 e. The number of halogens is 1. The van der Waals surface area contributed by atoms with Gasteiger partial charge in [0, 0.05) is 6.42 Å². The Morgan fingerprint density at radius 2 is 2.44 bits per heavy atom. The van der Waals surface area contributed by atoms with Gasteiger partial charge in [0.15, 0.2) is 0 Å². The maximum atomic E-state index is 12.5. The van der Waals surface area contributed by atoms with Crippen LogP contribution in [-0.2, 0) is 4.74 Å². The van der Waals surface area contributed by atoms with Crippen LogP contribution in [0.2, 0.25) is 0 Å². The fourth-order valence-corrected chi connectivity index (χ4v) is 1.00. The number of hydrogen-bond acceptors (Lipinski definition) is 2. The van der Waals surface area contributed by atoms with Crippen LogP contribution in [0.15, 0.2) is 0 Å². The Kier molecular flexibility index (Phi) is 2.03. The molecule has 3 atom stereocenters. The number of hydrogen-bond donors (Lipinski definition) is 1. The lowest BCUT2D eigenvalue weighted by Crippen LogP contribution is -2.12. The molecule has 9 heavy (non-hydrogen) atoms. The van der Waals surface area contributed by atoms with Crippen molar-refractivity contribution in [2.45, 2.75) is 31.7 Å². The minimum atomic E-state index is -0.887. The van der Waals surface area contributed by atoms with Gasteiger partial charge in [0.1, 0.15) is 6.17 Å². The van der Waals surface area contributed by atoms with Gasteiger partial charge >= 0.3 is 0 Å². The molecular formula is C6H11FO2. The van der Waals surface area contributed by atoms with Gasteiger partial charge in [-0.05, 0) is 6.92 Å². The second-order valence-corrected chi connectivity index (χ2v) is 2.40. The van der Waals surface area contributed by atoms with Crippen molar-refractivity contribution in [3.05, 3.63) is 0 Å². The summed E-state index contributed by atoms with van der Waals surface area (Å²) in [5, 5.41) is 8.51. The van der Waals surface area contributed by atoms with Crippen molar-refractivity contribution >= 4 is 0 Å². The van der Waals surface area contributed by atoms with E-state index in [1.165, 1.54) is 0 Å². The van der Waals surface area contributed by atoms with Crippen LogP contribution in [0.5, 0.6) is 0 Å². The molecule has 1 rings (SSSR count). The summed E-state index contributed by atoms with van der Waals surface area (Å²) in [6.45, 7) is 1.62. The van der Waals surface area contributed by atoms with E-state index in [2.05, 4.69) is 0 Å². The van der Waals surface area contributed by atoms with Crippen molar-refractivity contribution in [1.82, 2.24) is 0 Å². The van der Waals surface area contributed by atoms with Crippen molar-refractivity contribution in [3.8, 4) is 0 Å². The fourth-order valence-electron chi connectivity index (χ4n) is 1.00. The predicted molar refractivity (Wildman–Crippen MR) is 30.9 cm³/mol. The van der Waals surface area contributed by atoms with Crippen molar-refractivity contribution in [3.63, 3.8) is 0 Å². The molecule has 0 aromatic rings. The molecule has 0 aromatic heterocycles. The fraction of sp³-hybridized carbons (Fsp3) is 1.00. The Bertz CT molecular complexity index is 87.1. The zero-order valence-corrected chi connectivity index (χ0v) is 5.38. The Hall–Kier alpha value is -0.150. The average molecular weight is 134 g/mol. The molecule has 0 amide bonds. The van der Waals surface area contributed by atoms with Crippen LogP contribution in [0, 0.1) is 0 Å². The van der Waals surface area contributed by atoms with E-state index in [0.717, 1.165) is 0 Å². The molecule has 54 valence electrons. The van der Waals surface area contributed by atoms with Gasteiger partial charge < -0.3 is 9.84 Å². The first-order valence-electron chi connectivity index (χ1n) is 3.14. The summed E-state index contributed by atoms with van der Waals surface area (Å²) < 4.78 is 17.5. The van der Waals surface area contributed by atoms with E-state index in [0.29, 0.717) is 6.42 Å². The molecule has 0 aliphatic carbocycles. The Balaban J connectivity index is 2.35. The summed E-state index contributed by atoms with van der Waals surface area (Å²) in [6.07, 6.45) is -1.14. The lowest BCUT2D eigenvalue weighted by atomic mass is 10.2. The summed E-state index contributed by atoms with van der Waals surface area (Å²) in [7, 11) is 0.